The molecular formula is C17H14FN3O3. The Morgan fingerprint density at radius 3 is 2.71 bits per heavy atom. The lowest BCUT2D eigenvalue weighted by atomic mass is 10.1. The van der Waals surface area contributed by atoms with Crippen molar-refractivity contribution in [3.8, 4) is 0 Å². The molecule has 0 saturated heterocycles. The number of nitrogens with zero attached hydrogens (tertiary/aromatic N) is 2. The Morgan fingerprint density at radius 2 is 2.00 bits per heavy atom. The van der Waals surface area contributed by atoms with E-state index in [2.05, 4.69) is 10.3 Å². The first kappa shape index (κ1) is 15.8. The molecule has 3 amide bonds. The second-order valence-electron chi connectivity index (χ2n) is 5.31. The molecule has 6 nitrogen and oxygen atoms in total. The Bertz CT molecular complexity index is 808. The van der Waals surface area contributed by atoms with Crippen LogP contribution in [0.15, 0.2) is 42.7 Å². The highest BCUT2D eigenvalue weighted by Gasteiger charge is 2.37. The minimum absolute atomic E-state index is 0.0377. The SMILES string of the molecule is O=C(CCN1C(=O)c2cccc(F)c2C1=O)NCc1cccnc1. The number of aromatic nitrogens is 1. The van der Waals surface area contributed by atoms with Gasteiger partial charge in [0, 0.05) is 31.9 Å². The Morgan fingerprint density at radius 1 is 1.17 bits per heavy atom. The highest BCUT2D eigenvalue weighted by molar-refractivity contribution is 6.21. The number of rotatable bonds is 5. The number of hydrogen-bond acceptors (Lipinski definition) is 4. The summed E-state index contributed by atoms with van der Waals surface area (Å²) in [6, 6.07) is 7.49. The number of benzene rings is 1. The molecule has 1 aliphatic rings. The average Bonchev–Trinajstić information content (AvgIpc) is 2.84. The van der Waals surface area contributed by atoms with Crippen LogP contribution in [0.25, 0.3) is 0 Å². The van der Waals surface area contributed by atoms with Crippen molar-refractivity contribution in [1.82, 2.24) is 15.2 Å². The second kappa shape index (κ2) is 6.57. The van der Waals surface area contributed by atoms with Crippen molar-refractivity contribution in [2.75, 3.05) is 6.54 Å². The van der Waals surface area contributed by atoms with Crippen LogP contribution in [0.5, 0.6) is 0 Å². The highest BCUT2D eigenvalue weighted by atomic mass is 19.1. The standard InChI is InChI=1S/C17H14FN3O3/c18-13-5-1-4-12-15(13)17(24)21(16(12)23)8-6-14(22)20-10-11-3-2-7-19-9-11/h1-5,7,9H,6,8,10H2,(H,20,22). The maximum atomic E-state index is 13.7. The average molecular weight is 327 g/mol. The van der Waals surface area contributed by atoms with Gasteiger partial charge in [-0.3, -0.25) is 24.3 Å². The number of hydrogen-bond donors (Lipinski definition) is 1. The number of fused-ring (bicyclic) bond motifs is 1. The van der Waals surface area contributed by atoms with E-state index in [9.17, 15) is 18.8 Å². The molecule has 0 fully saturated rings. The number of nitrogens with one attached hydrogen (secondary N) is 1. The lowest BCUT2D eigenvalue weighted by Gasteiger charge is -2.13. The maximum absolute atomic E-state index is 13.7. The van der Waals surface area contributed by atoms with Gasteiger partial charge in [0.2, 0.25) is 5.91 Å². The summed E-state index contributed by atoms with van der Waals surface area (Å²) in [6.45, 7) is 0.216. The van der Waals surface area contributed by atoms with E-state index in [1.165, 1.54) is 12.1 Å². The molecule has 0 atom stereocenters. The van der Waals surface area contributed by atoms with Gasteiger partial charge in [0.1, 0.15) is 5.82 Å². The minimum Gasteiger partial charge on any atom is -0.352 e. The fourth-order valence-corrected chi connectivity index (χ4v) is 2.50. The molecule has 7 heteroatoms. The summed E-state index contributed by atoms with van der Waals surface area (Å²) in [7, 11) is 0. The van der Waals surface area contributed by atoms with Gasteiger partial charge in [-0.05, 0) is 23.8 Å². The van der Waals surface area contributed by atoms with E-state index in [0.717, 1.165) is 16.5 Å². The number of carbonyl (C=O) groups excluding carboxylic acids is 3. The van der Waals surface area contributed by atoms with Gasteiger partial charge >= 0.3 is 0 Å². The van der Waals surface area contributed by atoms with Gasteiger partial charge in [0.05, 0.1) is 11.1 Å². The third kappa shape index (κ3) is 3.01. The number of pyridine rings is 1. The summed E-state index contributed by atoms with van der Waals surface area (Å²) in [5, 5.41) is 2.68. The first-order chi connectivity index (χ1) is 11.6. The van der Waals surface area contributed by atoms with Crippen LogP contribution in [-0.2, 0) is 11.3 Å². The normalized spacial score (nSPS) is 13.1. The van der Waals surface area contributed by atoms with Gasteiger partial charge in [-0.15, -0.1) is 0 Å². The van der Waals surface area contributed by atoms with Crippen molar-refractivity contribution in [2.45, 2.75) is 13.0 Å². The van der Waals surface area contributed by atoms with Crippen LogP contribution >= 0.6 is 0 Å². The topological polar surface area (TPSA) is 79.4 Å². The Hall–Kier alpha value is -3.09. The lowest BCUT2D eigenvalue weighted by Crippen LogP contribution is -2.34. The Labute approximate surface area is 137 Å². The summed E-state index contributed by atoms with van der Waals surface area (Å²) in [5.74, 6) is -2.31. The molecule has 0 saturated carbocycles. The molecule has 1 aliphatic heterocycles. The van der Waals surface area contributed by atoms with Crippen LogP contribution in [0.1, 0.15) is 32.7 Å². The molecular weight excluding hydrogens is 313 g/mol. The minimum atomic E-state index is -0.727. The molecule has 24 heavy (non-hydrogen) atoms. The predicted octanol–water partition coefficient (Wildman–Crippen LogP) is 1.52. The number of halogens is 1. The van der Waals surface area contributed by atoms with Crippen molar-refractivity contribution in [1.29, 1.82) is 0 Å². The van der Waals surface area contributed by atoms with E-state index in [0.29, 0.717) is 6.54 Å². The molecule has 1 aromatic carbocycles. The first-order valence-electron chi connectivity index (χ1n) is 7.38. The zero-order valence-corrected chi connectivity index (χ0v) is 12.7. The Kier molecular flexibility index (Phi) is 4.33. The smallest absolute Gasteiger partial charge is 0.264 e. The van der Waals surface area contributed by atoms with Crippen LogP contribution in [0.4, 0.5) is 4.39 Å². The zero-order valence-electron chi connectivity index (χ0n) is 12.7. The molecule has 0 radical (unpaired) electrons. The fraction of sp³-hybridized carbons (Fsp3) is 0.176. The largest absolute Gasteiger partial charge is 0.352 e. The monoisotopic (exact) mass is 327 g/mol. The van der Waals surface area contributed by atoms with Gasteiger partial charge < -0.3 is 5.32 Å². The van der Waals surface area contributed by atoms with E-state index in [4.69, 9.17) is 0 Å². The number of amides is 3. The molecule has 2 heterocycles. The first-order valence-corrected chi connectivity index (χ1v) is 7.38. The molecule has 1 N–H and O–H groups in total. The van der Waals surface area contributed by atoms with Gasteiger partial charge in [0.15, 0.2) is 0 Å². The summed E-state index contributed by atoms with van der Waals surface area (Å²) < 4.78 is 13.7. The van der Waals surface area contributed by atoms with Gasteiger partial charge in [-0.2, -0.15) is 0 Å². The quantitative estimate of drug-likeness (QED) is 0.845. The molecule has 122 valence electrons. The molecule has 2 aromatic rings. The summed E-state index contributed by atoms with van der Waals surface area (Å²) in [6.07, 6.45) is 3.22. The highest BCUT2D eigenvalue weighted by Crippen LogP contribution is 2.25. The van der Waals surface area contributed by atoms with Gasteiger partial charge in [-0.1, -0.05) is 12.1 Å². The summed E-state index contributed by atoms with van der Waals surface area (Å²) >= 11 is 0. The predicted molar refractivity (Wildman–Crippen MR) is 82.5 cm³/mol. The molecule has 1 aromatic heterocycles. The molecule has 0 unspecified atom stereocenters. The molecule has 3 rings (SSSR count). The van der Waals surface area contributed by atoms with Crippen molar-refractivity contribution < 1.29 is 18.8 Å². The molecule has 0 bridgehead atoms. The van der Waals surface area contributed by atoms with Gasteiger partial charge in [0.25, 0.3) is 11.8 Å². The third-order valence-electron chi connectivity index (χ3n) is 3.72. The van der Waals surface area contributed by atoms with Crippen molar-refractivity contribution in [2.24, 2.45) is 0 Å². The second-order valence-corrected chi connectivity index (χ2v) is 5.31. The van der Waals surface area contributed by atoms with Crippen LogP contribution in [-0.4, -0.2) is 34.2 Å². The lowest BCUT2D eigenvalue weighted by molar-refractivity contribution is -0.121. The van der Waals surface area contributed by atoms with E-state index >= 15 is 0 Å². The van der Waals surface area contributed by atoms with Gasteiger partial charge in [-0.25, -0.2) is 4.39 Å². The number of carbonyl (C=O) groups is 3. The van der Waals surface area contributed by atoms with E-state index in [-0.39, 0.29) is 30.0 Å². The van der Waals surface area contributed by atoms with Crippen LogP contribution in [0, 0.1) is 5.82 Å². The Balaban J connectivity index is 1.58. The summed E-state index contributed by atoms with van der Waals surface area (Å²) in [5.41, 5.74) is 0.655. The van der Waals surface area contributed by atoms with Crippen LogP contribution in [0.2, 0.25) is 0 Å². The number of imide groups is 1. The van der Waals surface area contributed by atoms with Crippen LogP contribution in [0.3, 0.4) is 0 Å². The maximum Gasteiger partial charge on any atom is 0.264 e. The van der Waals surface area contributed by atoms with Crippen molar-refractivity contribution in [3.63, 3.8) is 0 Å². The van der Waals surface area contributed by atoms with Crippen molar-refractivity contribution in [3.05, 3.63) is 65.2 Å². The van der Waals surface area contributed by atoms with E-state index < -0.39 is 17.6 Å². The summed E-state index contributed by atoms with van der Waals surface area (Å²) in [4.78, 5) is 41.0. The third-order valence-corrected chi connectivity index (χ3v) is 3.72. The van der Waals surface area contributed by atoms with Crippen LogP contribution < -0.4 is 5.32 Å². The van der Waals surface area contributed by atoms with E-state index in [1.54, 1.807) is 18.5 Å². The van der Waals surface area contributed by atoms with E-state index in [1.807, 2.05) is 6.07 Å². The molecule has 0 spiro atoms. The zero-order chi connectivity index (χ0) is 17.1. The fourth-order valence-electron chi connectivity index (χ4n) is 2.50. The van der Waals surface area contributed by atoms with Crippen molar-refractivity contribution >= 4 is 17.7 Å². The molecule has 0 aliphatic carbocycles.